The van der Waals surface area contributed by atoms with Gasteiger partial charge in [-0.25, -0.2) is 13.1 Å². The van der Waals surface area contributed by atoms with Crippen molar-refractivity contribution in [3.63, 3.8) is 0 Å². The van der Waals surface area contributed by atoms with Crippen LogP contribution in [-0.4, -0.2) is 51.8 Å². The highest BCUT2D eigenvalue weighted by molar-refractivity contribution is 14.0. The lowest BCUT2D eigenvalue weighted by molar-refractivity contribution is 0.582. The van der Waals surface area contributed by atoms with Gasteiger partial charge in [-0.1, -0.05) is 18.2 Å². The maximum atomic E-state index is 11.3. The van der Waals surface area contributed by atoms with Gasteiger partial charge in [-0.05, 0) is 25.0 Å². The van der Waals surface area contributed by atoms with Gasteiger partial charge in [-0.3, -0.25) is 4.99 Å². The fourth-order valence-corrected chi connectivity index (χ4v) is 2.98. The molecule has 0 amide bonds. The molecule has 0 bridgehead atoms. The number of hydrogen-bond donors (Lipinski definition) is 4. The molecular formula is C16H26IN5O2S. The zero-order valence-electron chi connectivity index (χ0n) is 14.5. The van der Waals surface area contributed by atoms with Gasteiger partial charge in [0.2, 0.25) is 10.0 Å². The molecule has 140 valence electrons. The van der Waals surface area contributed by atoms with Crippen LogP contribution >= 0.6 is 24.0 Å². The van der Waals surface area contributed by atoms with Crippen molar-refractivity contribution in [2.45, 2.75) is 13.3 Å². The molecule has 0 saturated carbocycles. The van der Waals surface area contributed by atoms with Crippen LogP contribution in [0.4, 0.5) is 0 Å². The highest BCUT2D eigenvalue weighted by atomic mass is 127. The van der Waals surface area contributed by atoms with Crippen LogP contribution in [0.3, 0.4) is 0 Å². The molecule has 2 rings (SSSR count). The van der Waals surface area contributed by atoms with Crippen LogP contribution in [0.15, 0.2) is 35.5 Å². The molecule has 0 saturated heterocycles. The summed E-state index contributed by atoms with van der Waals surface area (Å²) in [6.07, 6.45) is 2.90. The number of hydrogen-bond acceptors (Lipinski definition) is 3. The van der Waals surface area contributed by atoms with Crippen LogP contribution in [0.2, 0.25) is 0 Å². The first-order valence-electron chi connectivity index (χ1n) is 8.02. The number of halogens is 1. The molecule has 1 heterocycles. The van der Waals surface area contributed by atoms with Gasteiger partial charge in [0, 0.05) is 43.8 Å². The topological polar surface area (TPSA) is 98.4 Å². The third-order valence-electron chi connectivity index (χ3n) is 3.70. The maximum Gasteiger partial charge on any atom is 0.211 e. The number of aliphatic imine (C=N–C) groups is 1. The molecule has 1 aromatic heterocycles. The largest absolute Gasteiger partial charge is 0.361 e. The summed E-state index contributed by atoms with van der Waals surface area (Å²) in [5.41, 5.74) is 2.39. The number of nitrogens with one attached hydrogen (secondary N) is 4. The summed E-state index contributed by atoms with van der Waals surface area (Å²) in [4.78, 5) is 7.40. The quantitative estimate of drug-likeness (QED) is 0.199. The Morgan fingerprint density at radius 2 is 1.88 bits per heavy atom. The molecule has 0 fully saturated rings. The lowest BCUT2D eigenvalue weighted by Crippen LogP contribution is -2.42. The Kier molecular flexibility index (Phi) is 9.22. The first-order chi connectivity index (χ1) is 11.6. The molecule has 0 unspecified atom stereocenters. The second kappa shape index (κ2) is 10.6. The highest BCUT2D eigenvalue weighted by Gasteiger charge is 2.06. The lowest BCUT2D eigenvalue weighted by Gasteiger charge is -2.12. The summed E-state index contributed by atoms with van der Waals surface area (Å²) >= 11 is 0. The predicted molar refractivity (Wildman–Crippen MR) is 114 cm³/mol. The number of benzene rings is 1. The summed E-state index contributed by atoms with van der Waals surface area (Å²) in [6, 6.07) is 8.21. The maximum absolute atomic E-state index is 11.3. The SMILES string of the molecule is CCS(=O)(=O)NCCNC(=NC)NCCc1c[nH]c2ccccc12.I. The van der Waals surface area contributed by atoms with Gasteiger partial charge in [0.25, 0.3) is 0 Å². The van der Waals surface area contributed by atoms with E-state index in [-0.39, 0.29) is 29.7 Å². The van der Waals surface area contributed by atoms with E-state index in [1.54, 1.807) is 14.0 Å². The van der Waals surface area contributed by atoms with Gasteiger partial charge in [-0.2, -0.15) is 0 Å². The number of nitrogens with zero attached hydrogens (tertiary/aromatic N) is 1. The van der Waals surface area contributed by atoms with Crippen molar-refractivity contribution in [1.29, 1.82) is 0 Å². The zero-order valence-corrected chi connectivity index (χ0v) is 17.6. The Balaban J connectivity index is 0.00000312. The number of guanidine groups is 1. The average Bonchev–Trinajstić information content (AvgIpc) is 3.00. The molecule has 0 atom stereocenters. The van der Waals surface area contributed by atoms with Gasteiger partial charge in [0.1, 0.15) is 0 Å². The third kappa shape index (κ3) is 6.83. The van der Waals surface area contributed by atoms with Gasteiger partial charge >= 0.3 is 0 Å². The van der Waals surface area contributed by atoms with Crippen molar-refractivity contribution in [2.24, 2.45) is 4.99 Å². The van der Waals surface area contributed by atoms with E-state index >= 15 is 0 Å². The number of H-pyrrole nitrogens is 1. The number of aromatic amines is 1. The van der Waals surface area contributed by atoms with E-state index < -0.39 is 10.0 Å². The van der Waals surface area contributed by atoms with E-state index in [2.05, 4.69) is 37.5 Å². The molecule has 25 heavy (non-hydrogen) atoms. The van der Waals surface area contributed by atoms with Crippen molar-refractivity contribution in [3.05, 3.63) is 36.0 Å². The molecule has 0 spiro atoms. The summed E-state index contributed by atoms with van der Waals surface area (Å²) in [5.74, 6) is 0.746. The first-order valence-corrected chi connectivity index (χ1v) is 9.68. The van der Waals surface area contributed by atoms with Crippen LogP contribution in [0.1, 0.15) is 12.5 Å². The van der Waals surface area contributed by atoms with Gasteiger partial charge in [0.05, 0.1) is 5.75 Å². The molecule has 0 aliphatic rings. The van der Waals surface area contributed by atoms with E-state index in [0.717, 1.165) is 18.5 Å². The monoisotopic (exact) mass is 479 g/mol. The minimum absolute atomic E-state index is 0. The summed E-state index contributed by atoms with van der Waals surface area (Å²) in [7, 11) is -1.45. The molecule has 7 nitrogen and oxygen atoms in total. The molecule has 0 aliphatic carbocycles. The Bertz CT molecular complexity index is 789. The number of fused-ring (bicyclic) bond motifs is 1. The van der Waals surface area contributed by atoms with Crippen LogP contribution < -0.4 is 15.4 Å². The predicted octanol–water partition coefficient (Wildman–Crippen LogP) is 1.43. The fraction of sp³-hybridized carbons (Fsp3) is 0.438. The van der Waals surface area contributed by atoms with E-state index in [9.17, 15) is 8.42 Å². The Hall–Kier alpha value is -1.33. The molecular weight excluding hydrogens is 453 g/mol. The Morgan fingerprint density at radius 3 is 2.60 bits per heavy atom. The molecule has 4 N–H and O–H groups in total. The zero-order chi connectivity index (χ0) is 17.4. The van der Waals surface area contributed by atoms with E-state index in [4.69, 9.17) is 0 Å². The summed E-state index contributed by atoms with van der Waals surface area (Å²) in [5, 5.41) is 7.55. The van der Waals surface area contributed by atoms with Crippen molar-refractivity contribution in [1.82, 2.24) is 20.3 Å². The van der Waals surface area contributed by atoms with Crippen molar-refractivity contribution < 1.29 is 8.42 Å². The van der Waals surface area contributed by atoms with E-state index in [1.165, 1.54) is 10.9 Å². The number of para-hydroxylation sites is 1. The van der Waals surface area contributed by atoms with Gasteiger partial charge in [0.15, 0.2) is 5.96 Å². The Morgan fingerprint density at radius 1 is 1.16 bits per heavy atom. The lowest BCUT2D eigenvalue weighted by atomic mass is 10.1. The first kappa shape index (κ1) is 21.7. The van der Waals surface area contributed by atoms with E-state index in [1.807, 2.05) is 18.3 Å². The molecule has 0 radical (unpaired) electrons. The highest BCUT2D eigenvalue weighted by Crippen LogP contribution is 2.17. The van der Waals surface area contributed by atoms with Crippen molar-refractivity contribution >= 4 is 50.9 Å². The van der Waals surface area contributed by atoms with Crippen LogP contribution in [0, 0.1) is 0 Å². The standard InChI is InChI=1S/C16H25N5O2S.HI/c1-3-24(22,23)21-11-10-19-16(17-2)18-9-8-13-12-20-15-7-5-4-6-14(13)15;/h4-7,12,20-21H,3,8-11H2,1-2H3,(H2,17,18,19);1H. The van der Waals surface area contributed by atoms with E-state index in [0.29, 0.717) is 19.0 Å². The molecule has 9 heteroatoms. The van der Waals surface area contributed by atoms with Gasteiger partial charge < -0.3 is 15.6 Å². The fourth-order valence-electron chi connectivity index (χ4n) is 2.36. The molecule has 0 aliphatic heterocycles. The van der Waals surface area contributed by atoms with Crippen LogP contribution in [-0.2, 0) is 16.4 Å². The smallest absolute Gasteiger partial charge is 0.211 e. The second-order valence-corrected chi connectivity index (χ2v) is 7.43. The number of sulfonamides is 1. The Labute approximate surface area is 166 Å². The van der Waals surface area contributed by atoms with Crippen LogP contribution in [0.5, 0.6) is 0 Å². The van der Waals surface area contributed by atoms with Crippen LogP contribution in [0.25, 0.3) is 10.9 Å². The normalized spacial score (nSPS) is 12.0. The summed E-state index contributed by atoms with van der Waals surface area (Å²) < 4.78 is 25.2. The summed E-state index contributed by atoms with van der Waals surface area (Å²) in [6.45, 7) is 3.16. The van der Waals surface area contributed by atoms with Crippen molar-refractivity contribution in [2.75, 3.05) is 32.4 Å². The molecule has 2 aromatic rings. The average molecular weight is 479 g/mol. The second-order valence-electron chi connectivity index (χ2n) is 5.33. The van der Waals surface area contributed by atoms with Crippen molar-refractivity contribution in [3.8, 4) is 0 Å². The number of rotatable bonds is 8. The number of aromatic nitrogens is 1. The third-order valence-corrected chi connectivity index (χ3v) is 5.11. The van der Waals surface area contributed by atoms with Gasteiger partial charge in [-0.15, -0.1) is 24.0 Å². The minimum atomic E-state index is -3.15. The molecule has 1 aromatic carbocycles. The minimum Gasteiger partial charge on any atom is -0.361 e.